The van der Waals surface area contributed by atoms with Crippen molar-refractivity contribution in [3.63, 3.8) is 0 Å². The number of aromatic nitrogens is 2. The summed E-state index contributed by atoms with van der Waals surface area (Å²) in [7, 11) is 0. The third-order valence-corrected chi connectivity index (χ3v) is 4.64. The second kappa shape index (κ2) is 6.94. The number of alkyl halides is 3. The van der Waals surface area contributed by atoms with E-state index < -0.39 is 18.3 Å². The Morgan fingerprint density at radius 1 is 1.26 bits per heavy atom. The number of hydrogen-bond donors (Lipinski definition) is 1. The fourth-order valence-electron chi connectivity index (χ4n) is 3.49. The Labute approximate surface area is 139 Å². The minimum Gasteiger partial charge on any atom is -0.339 e. The van der Waals surface area contributed by atoms with Gasteiger partial charge in [-0.1, -0.05) is 18.0 Å². The summed E-state index contributed by atoms with van der Waals surface area (Å²) in [5, 5.41) is 3.99. The number of hydrogen-bond acceptors (Lipinski definition) is 5. The van der Waals surface area contributed by atoms with Gasteiger partial charge in [-0.25, -0.2) is 0 Å². The SMILES string of the molecule is Cl.NC1(c2noc(C3CCCN(CC(F)(F)F)C3)n2)CCCC1. The Morgan fingerprint density at radius 3 is 2.61 bits per heavy atom. The van der Waals surface area contributed by atoms with Crippen LogP contribution in [0.1, 0.15) is 56.2 Å². The Balaban J connectivity index is 0.00000192. The van der Waals surface area contributed by atoms with Crippen LogP contribution in [-0.4, -0.2) is 40.9 Å². The highest BCUT2D eigenvalue weighted by Gasteiger charge is 2.38. The Bertz CT molecular complexity index is 516. The third kappa shape index (κ3) is 4.36. The first-order valence-corrected chi connectivity index (χ1v) is 7.78. The molecular weight excluding hydrogens is 333 g/mol. The lowest BCUT2D eigenvalue weighted by Gasteiger charge is -2.31. The van der Waals surface area contributed by atoms with E-state index >= 15 is 0 Å². The van der Waals surface area contributed by atoms with Crippen molar-refractivity contribution in [1.29, 1.82) is 0 Å². The average Bonchev–Trinajstić information content (AvgIpc) is 3.06. The first kappa shape index (κ1) is 18.5. The Hall–Kier alpha value is -0.860. The fraction of sp³-hybridized carbons (Fsp3) is 0.857. The Morgan fingerprint density at radius 2 is 1.96 bits per heavy atom. The molecule has 0 aromatic carbocycles. The van der Waals surface area contributed by atoms with Gasteiger partial charge < -0.3 is 10.3 Å². The Kier molecular flexibility index (Phi) is 5.58. The van der Waals surface area contributed by atoms with Crippen molar-refractivity contribution in [1.82, 2.24) is 15.0 Å². The van der Waals surface area contributed by atoms with Crippen LogP contribution in [-0.2, 0) is 5.54 Å². The van der Waals surface area contributed by atoms with Crippen LogP contribution in [0.3, 0.4) is 0 Å². The van der Waals surface area contributed by atoms with Gasteiger partial charge in [0, 0.05) is 6.54 Å². The van der Waals surface area contributed by atoms with Gasteiger partial charge in [-0.15, -0.1) is 12.4 Å². The van der Waals surface area contributed by atoms with E-state index in [-0.39, 0.29) is 18.3 Å². The second-order valence-electron chi connectivity index (χ2n) is 6.51. The zero-order valence-electron chi connectivity index (χ0n) is 12.8. The summed E-state index contributed by atoms with van der Waals surface area (Å²) in [5.74, 6) is 0.800. The van der Waals surface area contributed by atoms with Crippen LogP contribution < -0.4 is 5.73 Å². The number of likely N-dealkylation sites (tertiary alicyclic amines) is 1. The first-order valence-electron chi connectivity index (χ1n) is 7.78. The lowest BCUT2D eigenvalue weighted by Crippen LogP contribution is -2.40. The predicted molar refractivity (Wildman–Crippen MR) is 80.3 cm³/mol. The highest BCUT2D eigenvalue weighted by molar-refractivity contribution is 5.85. The van der Waals surface area contributed by atoms with E-state index in [1.807, 2.05) is 0 Å². The van der Waals surface area contributed by atoms with Crippen LogP contribution in [0.15, 0.2) is 4.52 Å². The molecule has 0 bridgehead atoms. The largest absolute Gasteiger partial charge is 0.401 e. The standard InChI is InChI=1S/C14H21F3N4O.ClH/c15-14(16,17)9-21-7-3-4-10(8-21)11-19-12(20-22-11)13(18)5-1-2-6-13;/h10H,1-9,18H2;1H. The summed E-state index contributed by atoms with van der Waals surface area (Å²) in [5.41, 5.74) is 5.76. The molecule has 1 saturated heterocycles. The molecule has 132 valence electrons. The van der Waals surface area contributed by atoms with E-state index in [1.54, 1.807) is 0 Å². The quantitative estimate of drug-likeness (QED) is 0.903. The van der Waals surface area contributed by atoms with Gasteiger partial charge in [0.05, 0.1) is 18.0 Å². The molecule has 2 N–H and O–H groups in total. The molecule has 1 aromatic heterocycles. The predicted octanol–water partition coefficient (Wildman–Crippen LogP) is 2.96. The molecule has 2 heterocycles. The van der Waals surface area contributed by atoms with Gasteiger partial charge in [0.2, 0.25) is 5.89 Å². The van der Waals surface area contributed by atoms with Crippen LogP contribution in [0.4, 0.5) is 13.2 Å². The number of rotatable bonds is 3. The molecular formula is C14H22ClF3N4O. The summed E-state index contributed by atoms with van der Waals surface area (Å²) in [4.78, 5) is 5.82. The average molecular weight is 355 g/mol. The molecule has 0 amide bonds. The topological polar surface area (TPSA) is 68.2 Å². The zero-order chi connectivity index (χ0) is 15.8. The van der Waals surface area contributed by atoms with Gasteiger partial charge in [-0.05, 0) is 32.2 Å². The molecule has 1 unspecified atom stereocenters. The summed E-state index contributed by atoms with van der Waals surface area (Å²) in [6, 6.07) is 0. The maximum atomic E-state index is 12.5. The molecule has 1 aliphatic heterocycles. The van der Waals surface area contributed by atoms with Crippen molar-refractivity contribution < 1.29 is 17.7 Å². The summed E-state index contributed by atoms with van der Waals surface area (Å²) in [6.07, 6.45) is 1.05. The minimum absolute atomic E-state index is 0. The minimum atomic E-state index is -4.17. The highest BCUT2D eigenvalue weighted by Crippen LogP contribution is 2.36. The highest BCUT2D eigenvalue weighted by atomic mass is 35.5. The van der Waals surface area contributed by atoms with E-state index in [9.17, 15) is 13.2 Å². The van der Waals surface area contributed by atoms with Gasteiger partial charge in [0.25, 0.3) is 0 Å². The van der Waals surface area contributed by atoms with E-state index in [1.165, 1.54) is 4.90 Å². The summed E-state index contributed by atoms with van der Waals surface area (Å²) >= 11 is 0. The molecule has 1 aromatic rings. The molecule has 9 heteroatoms. The molecule has 0 radical (unpaired) electrons. The molecule has 3 rings (SSSR count). The van der Waals surface area contributed by atoms with E-state index in [2.05, 4.69) is 10.1 Å². The second-order valence-corrected chi connectivity index (χ2v) is 6.51. The summed E-state index contributed by atoms with van der Waals surface area (Å²) in [6.45, 7) is -0.123. The molecule has 1 saturated carbocycles. The van der Waals surface area contributed by atoms with Gasteiger partial charge >= 0.3 is 6.18 Å². The lowest BCUT2D eigenvalue weighted by atomic mass is 9.96. The lowest BCUT2D eigenvalue weighted by molar-refractivity contribution is -0.148. The monoisotopic (exact) mass is 354 g/mol. The molecule has 2 aliphatic rings. The van der Waals surface area contributed by atoms with E-state index in [0.29, 0.717) is 31.2 Å². The van der Waals surface area contributed by atoms with Gasteiger partial charge in [0.15, 0.2) is 5.82 Å². The van der Waals surface area contributed by atoms with Gasteiger partial charge in [-0.3, -0.25) is 4.90 Å². The maximum absolute atomic E-state index is 12.5. The van der Waals surface area contributed by atoms with Crippen LogP contribution in [0.5, 0.6) is 0 Å². The van der Waals surface area contributed by atoms with Crippen molar-refractivity contribution >= 4 is 12.4 Å². The maximum Gasteiger partial charge on any atom is 0.401 e. The molecule has 1 atom stereocenters. The number of nitrogens with zero attached hydrogens (tertiary/aromatic N) is 3. The summed E-state index contributed by atoms with van der Waals surface area (Å²) < 4.78 is 42.9. The molecule has 23 heavy (non-hydrogen) atoms. The van der Waals surface area contributed by atoms with Crippen molar-refractivity contribution in [2.24, 2.45) is 5.73 Å². The van der Waals surface area contributed by atoms with Gasteiger partial charge in [0.1, 0.15) is 0 Å². The number of halogens is 4. The molecule has 2 fully saturated rings. The van der Waals surface area contributed by atoms with Crippen LogP contribution in [0.25, 0.3) is 0 Å². The van der Waals surface area contributed by atoms with E-state index in [4.69, 9.17) is 10.3 Å². The smallest absolute Gasteiger partial charge is 0.339 e. The number of nitrogens with two attached hydrogens (primary N) is 1. The first-order chi connectivity index (χ1) is 10.4. The van der Waals surface area contributed by atoms with Crippen LogP contribution in [0.2, 0.25) is 0 Å². The van der Waals surface area contributed by atoms with Crippen molar-refractivity contribution in [2.45, 2.75) is 56.2 Å². The van der Waals surface area contributed by atoms with Crippen molar-refractivity contribution in [3.8, 4) is 0 Å². The fourth-order valence-corrected chi connectivity index (χ4v) is 3.49. The number of piperidine rings is 1. The molecule has 0 spiro atoms. The van der Waals surface area contributed by atoms with Crippen LogP contribution >= 0.6 is 12.4 Å². The molecule has 1 aliphatic carbocycles. The van der Waals surface area contributed by atoms with Crippen molar-refractivity contribution in [3.05, 3.63) is 11.7 Å². The third-order valence-electron chi connectivity index (χ3n) is 4.64. The van der Waals surface area contributed by atoms with Crippen LogP contribution in [0, 0.1) is 0 Å². The van der Waals surface area contributed by atoms with Gasteiger partial charge in [-0.2, -0.15) is 18.2 Å². The van der Waals surface area contributed by atoms with Crippen molar-refractivity contribution in [2.75, 3.05) is 19.6 Å². The van der Waals surface area contributed by atoms with E-state index in [0.717, 1.165) is 32.1 Å². The zero-order valence-corrected chi connectivity index (χ0v) is 13.6. The molecule has 5 nitrogen and oxygen atoms in total. The normalized spacial score (nSPS) is 25.3.